The van der Waals surface area contributed by atoms with Crippen molar-refractivity contribution in [3.8, 4) is 11.8 Å². The molecular weight excluding hydrogens is 264 g/mol. The second kappa shape index (κ2) is 6.18. The number of aromatic nitrogens is 1. The normalized spacial score (nSPS) is 9.79. The number of rotatable bonds is 3. The number of nitrogens with zero attached hydrogens (tertiary/aromatic N) is 1. The highest BCUT2D eigenvalue weighted by molar-refractivity contribution is 7.14. The summed E-state index contributed by atoms with van der Waals surface area (Å²) < 4.78 is 5.00. The molecule has 2 rings (SSSR count). The maximum Gasteiger partial charge on any atom is 0.261 e. The fourth-order valence-electron chi connectivity index (χ4n) is 1.41. The topological polar surface area (TPSA) is 75.4 Å². The minimum Gasteiger partial charge on any atom is -0.384 e. The molecule has 1 amide bonds. The van der Waals surface area contributed by atoms with Crippen LogP contribution in [-0.2, 0) is 6.54 Å². The van der Waals surface area contributed by atoms with Gasteiger partial charge in [0.15, 0.2) is 5.76 Å². The molecule has 98 valence electrons. The second-order valence-corrected chi connectivity index (χ2v) is 4.82. The number of carbonyl (C=O) groups excluding carboxylic acids is 1. The zero-order chi connectivity index (χ0) is 13.7. The first-order chi connectivity index (χ1) is 9.19. The molecule has 0 aliphatic rings. The third-order valence-corrected chi connectivity index (χ3v) is 3.22. The van der Waals surface area contributed by atoms with E-state index in [1.165, 1.54) is 11.3 Å². The second-order valence-electron chi connectivity index (χ2n) is 3.74. The molecule has 0 aromatic carbocycles. The Hall–Kier alpha value is -2.10. The first-order valence-electron chi connectivity index (χ1n) is 5.59. The van der Waals surface area contributed by atoms with E-state index in [1.807, 2.05) is 6.92 Å². The van der Waals surface area contributed by atoms with Crippen molar-refractivity contribution < 1.29 is 14.4 Å². The Morgan fingerprint density at radius 1 is 1.58 bits per heavy atom. The molecule has 0 atom stereocenters. The molecule has 2 aromatic rings. The van der Waals surface area contributed by atoms with E-state index in [4.69, 9.17) is 9.63 Å². The molecule has 0 aliphatic carbocycles. The van der Waals surface area contributed by atoms with Crippen LogP contribution in [0.1, 0.15) is 26.0 Å². The average Bonchev–Trinajstić information content (AvgIpc) is 3.02. The van der Waals surface area contributed by atoms with Gasteiger partial charge in [-0.2, -0.15) is 0 Å². The van der Waals surface area contributed by atoms with Gasteiger partial charge in [-0.05, 0) is 19.1 Å². The summed E-state index contributed by atoms with van der Waals surface area (Å²) >= 11 is 1.28. The highest BCUT2D eigenvalue weighted by Crippen LogP contribution is 2.15. The third-order valence-electron chi connectivity index (χ3n) is 2.22. The van der Waals surface area contributed by atoms with E-state index in [9.17, 15) is 4.79 Å². The van der Waals surface area contributed by atoms with Crippen molar-refractivity contribution in [1.29, 1.82) is 0 Å². The molecule has 0 bridgehead atoms. The van der Waals surface area contributed by atoms with Gasteiger partial charge < -0.3 is 14.9 Å². The van der Waals surface area contributed by atoms with Crippen LogP contribution in [-0.4, -0.2) is 22.8 Å². The van der Waals surface area contributed by atoms with Gasteiger partial charge in [-0.3, -0.25) is 4.79 Å². The molecule has 0 saturated heterocycles. The summed E-state index contributed by atoms with van der Waals surface area (Å²) in [4.78, 5) is 13.2. The molecule has 0 unspecified atom stereocenters. The molecule has 2 aromatic heterocycles. The molecule has 19 heavy (non-hydrogen) atoms. The van der Waals surface area contributed by atoms with Crippen LogP contribution in [0.5, 0.6) is 0 Å². The molecule has 0 saturated carbocycles. The number of amides is 1. The van der Waals surface area contributed by atoms with E-state index in [-0.39, 0.29) is 12.5 Å². The lowest BCUT2D eigenvalue weighted by molar-refractivity contribution is 0.0951. The number of nitrogens with one attached hydrogen (secondary N) is 1. The number of aliphatic hydroxyl groups is 1. The van der Waals surface area contributed by atoms with E-state index < -0.39 is 0 Å². The zero-order valence-corrected chi connectivity index (χ0v) is 11.1. The standard InChI is InChI=1S/C13H12N2O3S/c1-9-7-10(18-15-9)8-14-13(17)12-5-4-11(19-12)3-2-6-16/h4-5,7,16H,6,8H2,1H3,(H,14,17). The van der Waals surface area contributed by atoms with Crippen molar-refractivity contribution >= 4 is 17.2 Å². The smallest absolute Gasteiger partial charge is 0.261 e. The fraction of sp³-hybridized carbons (Fsp3) is 0.231. The van der Waals surface area contributed by atoms with Gasteiger partial charge in [0.1, 0.15) is 6.61 Å². The Morgan fingerprint density at radius 2 is 2.42 bits per heavy atom. The molecule has 0 spiro atoms. The molecule has 6 heteroatoms. The van der Waals surface area contributed by atoms with Crippen molar-refractivity contribution in [3.05, 3.63) is 39.4 Å². The number of aryl methyl sites for hydroxylation is 1. The van der Waals surface area contributed by atoms with Gasteiger partial charge in [-0.25, -0.2) is 0 Å². The van der Waals surface area contributed by atoms with Crippen LogP contribution in [0.15, 0.2) is 22.7 Å². The first-order valence-corrected chi connectivity index (χ1v) is 6.40. The Kier molecular flexibility index (Phi) is 4.34. The first kappa shape index (κ1) is 13.3. The van der Waals surface area contributed by atoms with Gasteiger partial charge in [0.25, 0.3) is 5.91 Å². The minimum atomic E-state index is -0.190. The number of carbonyl (C=O) groups is 1. The summed E-state index contributed by atoms with van der Waals surface area (Å²) in [6.07, 6.45) is 0. The Morgan fingerprint density at radius 3 is 3.11 bits per heavy atom. The van der Waals surface area contributed by atoms with E-state index in [1.54, 1.807) is 18.2 Å². The maximum absolute atomic E-state index is 11.9. The van der Waals surface area contributed by atoms with Crippen LogP contribution in [0.2, 0.25) is 0 Å². The number of thiophene rings is 1. The van der Waals surface area contributed by atoms with Crippen LogP contribution in [0, 0.1) is 18.8 Å². The number of hydrogen-bond acceptors (Lipinski definition) is 5. The van der Waals surface area contributed by atoms with Gasteiger partial charge in [0, 0.05) is 6.07 Å². The van der Waals surface area contributed by atoms with E-state index in [0.29, 0.717) is 17.2 Å². The Balaban J connectivity index is 1.94. The molecule has 0 radical (unpaired) electrons. The summed E-state index contributed by atoms with van der Waals surface area (Å²) in [5.41, 5.74) is 0.780. The van der Waals surface area contributed by atoms with Crippen LogP contribution in [0.25, 0.3) is 0 Å². The van der Waals surface area contributed by atoms with Gasteiger partial charge >= 0.3 is 0 Å². The lowest BCUT2D eigenvalue weighted by Crippen LogP contribution is -2.21. The Labute approximate surface area is 114 Å². The molecule has 2 heterocycles. The quantitative estimate of drug-likeness (QED) is 0.829. The van der Waals surface area contributed by atoms with E-state index in [0.717, 1.165) is 10.6 Å². The number of hydrogen-bond donors (Lipinski definition) is 2. The van der Waals surface area contributed by atoms with E-state index >= 15 is 0 Å². The molecule has 5 nitrogen and oxygen atoms in total. The largest absolute Gasteiger partial charge is 0.384 e. The summed E-state index contributed by atoms with van der Waals surface area (Å²) in [5, 5.41) is 15.1. The molecular formula is C13H12N2O3S. The van der Waals surface area contributed by atoms with Crippen LogP contribution in [0.4, 0.5) is 0 Å². The summed E-state index contributed by atoms with van der Waals surface area (Å²) in [6.45, 7) is 1.93. The van der Waals surface area contributed by atoms with Crippen LogP contribution >= 0.6 is 11.3 Å². The highest BCUT2D eigenvalue weighted by Gasteiger charge is 2.09. The van der Waals surface area contributed by atoms with Crippen molar-refractivity contribution in [2.24, 2.45) is 0 Å². The summed E-state index contributed by atoms with van der Waals surface area (Å²) in [5.74, 6) is 5.72. The zero-order valence-electron chi connectivity index (χ0n) is 10.3. The van der Waals surface area contributed by atoms with Crippen molar-refractivity contribution in [2.45, 2.75) is 13.5 Å². The van der Waals surface area contributed by atoms with Gasteiger partial charge in [0.2, 0.25) is 0 Å². The Bertz CT molecular complexity index is 634. The lowest BCUT2D eigenvalue weighted by Gasteiger charge is -1.99. The van der Waals surface area contributed by atoms with E-state index in [2.05, 4.69) is 22.3 Å². The van der Waals surface area contributed by atoms with Crippen molar-refractivity contribution in [2.75, 3.05) is 6.61 Å². The lowest BCUT2D eigenvalue weighted by atomic mass is 10.3. The van der Waals surface area contributed by atoms with Gasteiger partial charge in [-0.15, -0.1) is 11.3 Å². The van der Waals surface area contributed by atoms with Crippen LogP contribution < -0.4 is 5.32 Å². The predicted molar refractivity (Wildman–Crippen MR) is 70.7 cm³/mol. The SMILES string of the molecule is Cc1cc(CNC(=O)c2ccc(C#CCO)s2)on1. The van der Waals surface area contributed by atoms with Gasteiger partial charge in [-0.1, -0.05) is 17.0 Å². The molecule has 0 aliphatic heterocycles. The fourth-order valence-corrected chi connectivity index (χ4v) is 2.21. The third kappa shape index (κ3) is 3.68. The minimum absolute atomic E-state index is 0.184. The monoisotopic (exact) mass is 276 g/mol. The summed E-state index contributed by atoms with van der Waals surface area (Å²) in [6, 6.07) is 5.22. The molecule has 0 fully saturated rings. The van der Waals surface area contributed by atoms with Crippen molar-refractivity contribution in [3.63, 3.8) is 0 Å². The predicted octanol–water partition coefficient (Wildman–Crippen LogP) is 1.32. The molecule has 2 N–H and O–H groups in total. The van der Waals surface area contributed by atoms with Crippen LogP contribution in [0.3, 0.4) is 0 Å². The highest BCUT2D eigenvalue weighted by atomic mass is 32.1. The average molecular weight is 276 g/mol. The number of aliphatic hydroxyl groups excluding tert-OH is 1. The maximum atomic E-state index is 11.9. The summed E-state index contributed by atoms with van der Waals surface area (Å²) in [7, 11) is 0. The van der Waals surface area contributed by atoms with Gasteiger partial charge in [0.05, 0.1) is 22.0 Å². The van der Waals surface area contributed by atoms with Crippen molar-refractivity contribution in [1.82, 2.24) is 10.5 Å².